The van der Waals surface area contributed by atoms with Crippen LogP contribution in [0.1, 0.15) is 28.4 Å². The summed E-state index contributed by atoms with van der Waals surface area (Å²) in [6.45, 7) is 3.65. The predicted octanol–water partition coefficient (Wildman–Crippen LogP) is 4.77. The van der Waals surface area contributed by atoms with E-state index in [1.165, 1.54) is 11.5 Å². The van der Waals surface area contributed by atoms with E-state index < -0.39 is 0 Å². The number of anilines is 2. The van der Waals surface area contributed by atoms with Gasteiger partial charge in [0.25, 0.3) is 5.56 Å². The van der Waals surface area contributed by atoms with Crippen LogP contribution in [0.4, 0.5) is 11.4 Å². The predicted molar refractivity (Wildman–Crippen MR) is 138 cm³/mol. The van der Waals surface area contributed by atoms with Crippen LogP contribution in [0.2, 0.25) is 0 Å². The smallest absolute Gasteiger partial charge is 0.256 e. The van der Waals surface area contributed by atoms with Gasteiger partial charge in [0.1, 0.15) is 12.3 Å². The second kappa shape index (κ2) is 10.3. The maximum Gasteiger partial charge on any atom is 0.256 e. The molecule has 0 fully saturated rings. The standard InChI is InChI=1S/C28H27N3O4/c1-18-4-9-23(10-5-18)29-16-22-14-21-8-13-25(35-3)15-26(21)31(28(22)34)17-27(33)30-24-11-6-20(7-12-24)19(2)32/h4-15,29H,16-17H2,1-3H3,(H,30,33). The van der Waals surface area contributed by atoms with Crippen LogP contribution in [0.15, 0.2) is 77.6 Å². The molecule has 35 heavy (non-hydrogen) atoms. The highest BCUT2D eigenvalue weighted by Gasteiger charge is 2.14. The number of carbonyl (C=O) groups excluding carboxylic acids is 2. The van der Waals surface area contributed by atoms with Crippen LogP contribution in [0.3, 0.4) is 0 Å². The summed E-state index contributed by atoms with van der Waals surface area (Å²) in [5.74, 6) is 0.192. The second-order valence-electron chi connectivity index (χ2n) is 8.39. The van der Waals surface area contributed by atoms with Crippen molar-refractivity contribution in [3.05, 3.63) is 99.8 Å². The molecule has 1 aromatic heterocycles. The monoisotopic (exact) mass is 469 g/mol. The van der Waals surface area contributed by atoms with E-state index >= 15 is 0 Å². The minimum absolute atomic E-state index is 0.0501. The summed E-state index contributed by atoms with van der Waals surface area (Å²) in [5, 5.41) is 6.91. The van der Waals surface area contributed by atoms with Crippen LogP contribution in [-0.4, -0.2) is 23.4 Å². The molecule has 4 rings (SSSR count). The number of pyridine rings is 1. The average molecular weight is 470 g/mol. The zero-order chi connectivity index (χ0) is 24.9. The first-order valence-electron chi connectivity index (χ1n) is 11.3. The van der Waals surface area contributed by atoms with Gasteiger partial charge >= 0.3 is 0 Å². The largest absolute Gasteiger partial charge is 0.497 e. The van der Waals surface area contributed by atoms with Gasteiger partial charge in [-0.1, -0.05) is 17.7 Å². The van der Waals surface area contributed by atoms with E-state index in [1.807, 2.05) is 49.4 Å². The molecule has 7 heteroatoms. The third-order valence-corrected chi connectivity index (χ3v) is 5.79. The number of amides is 1. The Morgan fingerprint density at radius 3 is 2.26 bits per heavy atom. The van der Waals surface area contributed by atoms with E-state index in [-0.39, 0.29) is 23.8 Å². The normalized spacial score (nSPS) is 10.7. The molecule has 3 aromatic carbocycles. The number of rotatable bonds is 8. The summed E-state index contributed by atoms with van der Waals surface area (Å²) in [6, 6.07) is 21.9. The van der Waals surface area contributed by atoms with Crippen LogP contribution in [-0.2, 0) is 17.9 Å². The maximum absolute atomic E-state index is 13.4. The van der Waals surface area contributed by atoms with Gasteiger partial charge in [0, 0.05) is 35.1 Å². The Hall–Kier alpha value is -4.39. The molecular formula is C28H27N3O4. The van der Waals surface area contributed by atoms with Crippen molar-refractivity contribution in [1.29, 1.82) is 0 Å². The van der Waals surface area contributed by atoms with Crippen molar-refractivity contribution in [3.63, 3.8) is 0 Å². The number of aromatic nitrogens is 1. The fourth-order valence-electron chi connectivity index (χ4n) is 3.82. The highest BCUT2D eigenvalue weighted by Crippen LogP contribution is 2.21. The summed E-state index contributed by atoms with van der Waals surface area (Å²) >= 11 is 0. The third-order valence-electron chi connectivity index (χ3n) is 5.79. The number of methoxy groups -OCH3 is 1. The fourth-order valence-corrected chi connectivity index (χ4v) is 3.82. The van der Waals surface area contributed by atoms with Crippen molar-refractivity contribution in [3.8, 4) is 5.75 Å². The second-order valence-corrected chi connectivity index (χ2v) is 8.39. The topological polar surface area (TPSA) is 89.4 Å². The maximum atomic E-state index is 13.4. The number of fused-ring (bicyclic) bond motifs is 1. The Morgan fingerprint density at radius 1 is 0.914 bits per heavy atom. The Bertz CT molecular complexity index is 1440. The summed E-state index contributed by atoms with van der Waals surface area (Å²) in [4.78, 5) is 37.8. The first kappa shape index (κ1) is 23.8. The lowest BCUT2D eigenvalue weighted by molar-refractivity contribution is -0.116. The molecule has 0 aliphatic rings. The Morgan fingerprint density at radius 2 is 1.60 bits per heavy atom. The van der Waals surface area contributed by atoms with Crippen LogP contribution >= 0.6 is 0 Å². The van der Waals surface area contributed by atoms with E-state index in [0.29, 0.717) is 34.6 Å². The third kappa shape index (κ3) is 5.58. The molecule has 2 N–H and O–H groups in total. The molecule has 0 radical (unpaired) electrons. The van der Waals surface area contributed by atoms with E-state index in [2.05, 4.69) is 10.6 Å². The number of ether oxygens (including phenoxy) is 1. The number of Topliss-reactive ketones (excluding diaryl/α,β-unsaturated/α-hetero) is 1. The molecule has 1 amide bonds. The molecule has 0 aliphatic carbocycles. The Balaban J connectivity index is 1.63. The summed E-state index contributed by atoms with van der Waals surface area (Å²) in [7, 11) is 1.56. The molecule has 7 nitrogen and oxygen atoms in total. The van der Waals surface area contributed by atoms with Crippen LogP contribution in [0, 0.1) is 6.92 Å². The number of ketones is 1. The number of hydrogen-bond acceptors (Lipinski definition) is 5. The SMILES string of the molecule is COc1ccc2cc(CNc3ccc(C)cc3)c(=O)n(CC(=O)Nc3ccc(C(C)=O)cc3)c2c1. The van der Waals surface area contributed by atoms with Gasteiger partial charge in [0.15, 0.2) is 5.78 Å². The van der Waals surface area contributed by atoms with E-state index in [9.17, 15) is 14.4 Å². The fraction of sp³-hybridized carbons (Fsp3) is 0.179. The summed E-state index contributed by atoms with van der Waals surface area (Å²) < 4.78 is 6.80. The lowest BCUT2D eigenvalue weighted by Crippen LogP contribution is -2.30. The van der Waals surface area contributed by atoms with E-state index in [0.717, 1.165) is 16.6 Å². The average Bonchev–Trinajstić information content (AvgIpc) is 2.85. The molecule has 0 atom stereocenters. The number of nitrogens with one attached hydrogen (secondary N) is 2. The van der Waals surface area contributed by atoms with Crippen molar-refractivity contribution in [1.82, 2.24) is 4.57 Å². The van der Waals surface area contributed by atoms with Crippen molar-refractivity contribution in [2.75, 3.05) is 17.7 Å². The molecule has 1 heterocycles. The molecule has 4 aromatic rings. The van der Waals surface area contributed by atoms with Gasteiger partial charge in [-0.05, 0) is 73.8 Å². The minimum Gasteiger partial charge on any atom is -0.497 e. The zero-order valence-corrected chi connectivity index (χ0v) is 19.9. The van der Waals surface area contributed by atoms with Gasteiger partial charge in [0.2, 0.25) is 5.91 Å². The quantitative estimate of drug-likeness (QED) is 0.363. The highest BCUT2D eigenvalue weighted by atomic mass is 16.5. The molecule has 0 saturated heterocycles. The Kier molecular flexibility index (Phi) is 6.96. The van der Waals surface area contributed by atoms with Crippen molar-refractivity contribution < 1.29 is 14.3 Å². The molecule has 0 saturated carbocycles. The highest BCUT2D eigenvalue weighted by molar-refractivity contribution is 5.96. The number of aryl methyl sites for hydroxylation is 1. The lowest BCUT2D eigenvalue weighted by Gasteiger charge is -2.15. The molecule has 0 unspecified atom stereocenters. The number of carbonyl (C=O) groups is 2. The van der Waals surface area contributed by atoms with Crippen molar-refractivity contribution in [2.24, 2.45) is 0 Å². The van der Waals surface area contributed by atoms with Crippen molar-refractivity contribution >= 4 is 34.0 Å². The van der Waals surface area contributed by atoms with Gasteiger partial charge < -0.3 is 15.4 Å². The van der Waals surface area contributed by atoms with Gasteiger partial charge in [0.05, 0.1) is 12.6 Å². The lowest BCUT2D eigenvalue weighted by atomic mass is 10.1. The van der Waals surface area contributed by atoms with Crippen LogP contribution in [0.5, 0.6) is 5.75 Å². The first-order chi connectivity index (χ1) is 16.8. The van der Waals surface area contributed by atoms with Gasteiger partial charge in [-0.25, -0.2) is 0 Å². The molecule has 0 bridgehead atoms. The summed E-state index contributed by atoms with van der Waals surface area (Å²) in [5.41, 5.74) is 4.06. The first-order valence-corrected chi connectivity index (χ1v) is 11.3. The van der Waals surface area contributed by atoms with Crippen molar-refractivity contribution in [2.45, 2.75) is 26.9 Å². The molecular weight excluding hydrogens is 442 g/mol. The number of nitrogens with zero attached hydrogens (tertiary/aromatic N) is 1. The van der Waals surface area contributed by atoms with Crippen LogP contribution < -0.4 is 20.9 Å². The molecule has 0 spiro atoms. The van der Waals surface area contributed by atoms with E-state index in [4.69, 9.17) is 4.74 Å². The van der Waals surface area contributed by atoms with Gasteiger partial charge in [-0.2, -0.15) is 0 Å². The minimum atomic E-state index is -0.351. The van der Waals surface area contributed by atoms with Gasteiger partial charge in [-0.15, -0.1) is 0 Å². The van der Waals surface area contributed by atoms with Gasteiger partial charge in [-0.3, -0.25) is 19.0 Å². The zero-order valence-electron chi connectivity index (χ0n) is 19.9. The number of benzene rings is 3. The van der Waals surface area contributed by atoms with Crippen LogP contribution in [0.25, 0.3) is 10.9 Å². The number of hydrogen-bond donors (Lipinski definition) is 2. The molecule has 178 valence electrons. The summed E-state index contributed by atoms with van der Waals surface area (Å²) in [6.07, 6.45) is 0. The van der Waals surface area contributed by atoms with E-state index in [1.54, 1.807) is 37.4 Å². The Labute approximate surface area is 203 Å². The molecule has 0 aliphatic heterocycles.